The summed E-state index contributed by atoms with van der Waals surface area (Å²) in [5.41, 5.74) is 6.64. The molecule has 11 heteroatoms. The van der Waals surface area contributed by atoms with E-state index < -0.39 is 61.1 Å². The Morgan fingerprint density at radius 3 is 1.86 bits per heavy atom. The first-order chi connectivity index (χ1) is 13.7. The molecule has 0 fully saturated rings. The molecule has 0 saturated carbocycles. The SMILES string of the molecule is C[C@H](NC(=O)[C@H](CO)NC(=O)[C@H](CO)NC(=O)[C@@H](N)Cc1ccccc1)C(=O)O. The molecule has 0 aliphatic heterocycles. The lowest BCUT2D eigenvalue weighted by molar-refractivity contribution is -0.142. The van der Waals surface area contributed by atoms with Crippen LogP contribution in [0.5, 0.6) is 0 Å². The smallest absolute Gasteiger partial charge is 0.325 e. The van der Waals surface area contributed by atoms with E-state index in [0.29, 0.717) is 0 Å². The molecule has 0 aliphatic carbocycles. The van der Waals surface area contributed by atoms with Gasteiger partial charge in [-0.05, 0) is 18.9 Å². The summed E-state index contributed by atoms with van der Waals surface area (Å²) in [5.74, 6) is -3.86. The zero-order valence-electron chi connectivity index (χ0n) is 15.9. The summed E-state index contributed by atoms with van der Waals surface area (Å²) in [6.45, 7) is -0.383. The van der Waals surface area contributed by atoms with Gasteiger partial charge in [-0.1, -0.05) is 30.3 Å². The lowest BCUT2D eigenvalue weighted by atomic mass is 10.1. The van der Waals surface area contributed by atoms with Crippen LogP contribution in [-0.2, 0) is 25.6 Å². The van der Waals surface area contributed by atoms with Crippen molar-refractivity contribution in [2.45, 2.75) is 37.5 Å². The van der Waals surface area contributed by atoms with Gasteiger partial charge < -0.3 is 37.0 Å². The summed E-state index contributed by atoms with van der Waals surface area (Å²) in [6, 6.07) is 3.86. The average molecular weight is 410 g/mol. The van der Waals surface area contributed by atoms with E-state index in [2.05, 4.69) is 16.0 Å². The number of carboxylic acid groups (broad SMARTS) is 1. The normalized spacial score (nSPS) is 14.8. The molecular weight excluding hydrogens is 384 g/mol. The van der Waals surface area contributed by atoms with Crippen LogP contribution in [0, 0.1) is 0 Å². The van der Waals surface area contributed by atoms with Gasteiger partial charge >= 0.3 is 5.97 Å². The predicted octanol–water partition coefficient (Wildman–Crippen LogP) is -2.90. The average Bonchev–Trinajstić information content (AvgIpc) is 2.70. The van der Waals surface area contributed by atoms with Gasteiger partial charge in [0.2, 0.25) is 17.7 Å². The van der Waals surface area contributed by atoms with Crippen molar-refractivity contribution >= 4 is 23.7 Å². The number of amides is 3. The van der Waals surface area contributed by atoms with Gasteiger partial charge in [-0.2, -0.15) is 0 Å². The molecule has 0 aliphatic rings. The van der Waals surface area contributed by atoms with Crippen LogP contribution in [0.1, 0.15) is 12.5 Å². The fourth-order valence-electron chi connectivity index (χ4n) is 2.28. The second kappa shape index (κ2) is 11.7. The number of aliphatic carboxylic acids is 1. The molecule has 8 N–H and O–H groups in total. The van der Waals surface area contributed by atoms with E-state index >= 15 is 0 Å². The van der Waals surface area contributed by atoms with Crippen LogP contribution in [0.4, 0.5) is 0 Å². The zero-order chi connectivity index (χ0) is 22.0. The topological polar surface area (TPSA) is 191 Å². The highest BCUT2D eigenvalue weighted by atomic mass is 16.4. The van der Waals surface area contributed by atoms with Gasteiger partial charge in [-0.3, -0.25) is 19.2 Å². The molecule has 3 amide bonds. The number of carbonyl (C=O) groups excluding carboxylic acids is 3. The van der Waals surface area contributed by atoms with E-state index in [9.17, 15) is 29.4 Å². The minimum absolute atomic E-state index is 0.210. The molecule has 4 atom stereocenters. The minimum atomic E-state index is -1.46. The maximum atomic E-state index is 12.3. The number of aliphatic hydroxyl groups excluding tert-OH is 2. The Balaban J connectivity index is 2.65. The highest BCUT2D eigenvalue weighted by Gasteiger charge is 2.28. The van der Waals surface area contributed by atoms with Crippen molar-refractivity contribution in [1.82, 2.24) is 16.0 Å². The third kappa shape index (κ3) is 7.86. The van der Waals surface area contributed by atoms with Crippen LogP contribution in [0.2, 0.25) is 0 Å². The van der Waals surface area contributed by atoms with Gasteiger partial charge in [0.25, 0.3) is 0 Å². The number of carbonyl (C=O) groups is 4. The molecular formula is C18H26N4O7. The third-order valence-corrected chi connectivity index (χ3v) is 4.00. The number of nitrogens with one attached hydrogen (secondary N) is 3. The molecule has 0 radical (unpaired) electrons. The summed E-state index contributed by atoms with van der Waals surface area (Å²) in [5, 5.41) is 34.0. The fraction of sp³-hybridized carbons (Fsp3) is 0.444. The first-order valence-electron chi connectivity index (χ1n) is 8.84. The Hall–Kier alpha value is -3.02. The molecule has 160 valence electrons. The van der Waals surface area contributed by atoms with Crippen molar-refractivity contribution in [1.29, 1.82) is 0 Å². The highest BCUT2D eigenvalue weighted by molar-refractivity contribution is 5.94. The lowest BCUT2D eigenvalue weighted by Crippen LogP contribution is -2.58. The van der Waals surface area contributed by atoms with E-state index in [-0.39, 0.29) is 6.42 Å². The van der Waals surface area contributed by atoms with Gasteiger partial charge in [-0.25, -0.2) is 0 Å². The van der Waals surface area contributed by atoms with Crippen LogP contribution in [0.25, 0.3) is 0 Å². The second-order valence-electron chi connectivity index (χ2n) is 6.35. The maximum Gasteiger partial charge on any atom is 0.325 e. The quantitative estimate of drug-likeness (QED) is 0.202. The molecule has 0 saturated heterocycles. The summed E-state index contributed by atoms with van der Waals surface area (Å²) in [7, 11) is 0. The van der Waals surface area contributed by atoms with E-state index in [1.54, 1.807) is 24.3 Å². The van der Waals surface area contributed by atoms with Crippen LogP contribution in [0.15, 0.2) is 30.3 Å². The first-order valence-corrected chi connectivity index (χ1v) is 8.84. The summed E-state index contributed by atoms with van der Waals surface area (Å²) >= 11 is 0. The van der Waals surface area contributed by atoms with Crippen LogP contribution in [-0.4, -0.2) is 76.4 Å². The Morgan fingerprint density at radius 2 is 1.38 bits per heavy atom. The van der Waals surface area contributed by atoms with E-state index in [0.717, 1.165) is 5.56 Å². The van der Waals surface area contributed by atoms with Gasteiger partial charge in [0.1, 0.15) is 18.1 Å². The first kappa shape index (κ1) is 24.0. The molecule has 29 heavy (non-hydrogen) atoms. The van der Waals surface area contributed by atoms with E-state index in [4.69, 9.17) is 10.8 Å². The molecule has 0 spiro atoms. The van der Waals surface area contributed by atoms with Crippen molar-refractivity contribution in [2.75, 3.05) is 13.2 Å². The largest absolute Gasteiger partial charge is 0.480 e. The second-order valence-corrected chi connectivity index (χ2v) is 6.35. The third-order valence-electron chi connectivity index (χ3n) is 4.00. The number of nitrogens with two attached hydrogens (primary N) is 1. The number of hydrogen-bond acceptors (Lipinski definition) is 7. The minimum Gasteiger partial charge on any atom is -0.480 e. The van der Waals surface area contributed by atoms with Crippen LogP contribution >= 0.6 is 0 Å². The number of rotatable bonds is 11. The lowest BCUT2D eigenvalue weighted by Gasteiger charge is -2.22. The van der Waals surface area contributed by atoms with Crippen molar-refractivity contribution in [2.24, 2.45) is 5.73 Å². The summed E-state index contributed by atoms with van der Waals surface area (Å²) in [4.78, 5) is 47.2. The Labute approximate surface area is 167 Å². The van der Waals surface area contributed by atoms with Crippen LogP contribution in [0.3, 0.4) is 0 Å². The Kier molecular flexibility index (Phi) is 9.72. The fourth-order valence-corrected chi connectivity index (χ4v) is 2.28. The van der Waals surface area contributed by atoms with Crippen molar-refractivity contribution < 1.29 is 34.5 Å². The predicted molar refractivity (Wildman–Crippen MR) is 101 cm³/mol. The molecule has 1 aromatic carbocycles. The van der Waals surface area contributed by atoms with Gasteiger partial charge in [-0.15, -0.1) is 0 Å². The van der Waals surface area contributed by atoms with E-state index in [1.165, 1.54) is 6.92 Å². The van der Waals surface area contributed by atoms with Gasteiger partial charge in [0.05, 0.1) is 19.3 Å². The number of aliphatic hydroxyl groups is 2. The molecule has 0 aromatic heterocycles. The number of carboxylic acids is 1. The van der Waals surface area contributed by atoms with Crippen molar-refractivity contribution in [3.05, 3.63) is 35.9 Å². The molecule has 1 rings (SSSR count). The number of hydrogen-bond donors (Lipinski definition) is 7. The summed E-state index contributed by atoms with van der Waals surface area (Å²) in [6.07, 6.45) is 0.210. The zero-order valence-corrected chi connectivity index (χ0v) is 15.9. The molecule has 1 aromatic rings. The highest BCUT2D eigenvalue weighted by Crippen LogP contribution is 2.02. The molecule has 0 unspecified atom stereocenters. The Morgan fingerprint density at radius 1 is 0.897 bits per heavy atom. The van der Waals surface area contributed by atoms with Gasteiger partial charge in [0.15, 0.2) is 0 Å². The summed E-state index contributed by atoms with van der Waals surface area (Å²) < 4.78 is 0. The van der Waals surface area contributed by atoms with Crippen molar-refractivity contribution in [3.8, 4) is 0 Å². The van der Waals surface area contributed by atoms with E-state index in [1.807, 2.05) is 6.07 Å². The van der Waals surface area contributed by atoms with Crippen LogP contribution < -0.4 is 21.7 Å². The molecule has 0 heterocycles. The maximum absolute atomic E-state index is 12.3. The van der Waals surface area contributed by atoms with Gasteiger partial charge in [0, 0.05) is 0 Å². The number of benzene rings is 1. The standard InChI is InChI=1S/C18H26N4O7/c1-10(18(28)29)20-16(26)13(8-23)22-17(27)14(9-24)21-15(25)12(19)7-11-5-3-2-4-6-11/h2-6,10,12-14,23-24H,7-9,19H2,1H3,(H,20,26)(H,21,25)(H,22,27)(H,28,29)/t10-,12-,13-,14-/m0/s1. The monoisotopic (exact) mass is 410 g/mol. The molecule has 0 bridgehead atoms. The Bertz CT molecular complexity index is 713. The molecule has 11 nitrogen and oxygen atoms in total. The van der Waals surface area contributed by atoms with Crippen molar-refractivity contribution in [3.63, 3.8) is 0 Å².